The van der Waals surface area contributed by atoms with Crippen molar-refractivity contribution < 1.29 is 0 Å². The number of allylic oxidation sites excluding steroid dienone is 4. The zero-order chi connectivity index (χ0) is 9.36. The van der Waals surface area contributed by atoms with Crippen molar-refractivity contribution in [1.29, 1.82) is 0 Å². The molecule has 0 N–H and O–H groups in total. The number of hydrogen-bond acceptors (Lipinski definition) is 0. The summed E-state index contributed by atoms with van der Waals surface area (Å²) in [6, 6.07) is 0. The average molecular weight is 186 g/mol. The van der Waals surface area contributed by atoms with E-state index in [2.05, 4.69) is 25.2 Å². The third-order valence-corrected chi connectivity index (χ3v) is 2.70. The minimum atomic E-state index is 0. The van der Waals surface area contributed by atoms with Crippen LogP contribution in [0.4, 0.5) is 0 Å². The summed E-state index contributed by atoms with van der Waals surface area (Å²) in [6.07, 6.45) is 17.8. The predicted molar refractivity (Wildman–Crippen MR) is 67.0 cm³/mol. The summed E-state index contributed by atoms with van der Waals surface area (Å²) in [6.45, 7) is 2.27. The first-order valence-electron chi connectivity index (χ1n) is 5.78. The Morgan fingerprint density at radius 2 is 1.79 bits per heavy atom. The fourth-order valence-electron chi connectivity index (χ4n) is 1.81. The van der Waals surface area contributed by atoms with Crippen LogP contribution in [0.3, 0.4) is 0 Å². The van der Waals surface area contributed by atoms with E-state index in [1.165, 1.54) is 51.4 Å². The quantitative estimate of drug-likeness (QED) is 0.417. The summed E-state index contributed by atoms with van der Waals surface area (Å²) < 4.78 is 0. The molecule has 0 unspecified atom stereocenters. The molecule has 0 saturated carbocycles. The first kappa shape index (κ1) is 14.1. The topological polar surface area (TPSA) is 0 Å². The molecular weight excluding hydrogens is 163 g/mol. The van der Waals surface area contributed by atoms with E-state index in [-0.39, 0.29) is 18.9 Å². The van der Waals surface area contributed by atoms with Gasteiger partial charge < -0.3 is 0 Å². The summed E-state index contributed by atoms with van der Waals surface area (Å²) in [5.41, 5.74) is 1.63. The molecule has 0 radical (unpaired) electrons. The standard InChI is InChI=1S/C13H22.Li.H/c1-2-3-4-5-6-7-10-13-11-8-9-12-13;;/h8-9,11H,2-7,10,12H2,1H3;;. The van der Waals surface area contributed by atoms with E-state index in [1.54, 1.807) is 5.57 Å². The minimum absolute atomic E-state index is 0. The monoisotopic (exact) mass is 186 g/mol. The molecule has 0 saturated heterocycles. The van der Waals surface area contributed by atoms with Crippen molar-refractivity contribution in [2.45, 2.75) is 58.3 Å². The van der Waals surface area contributed by atoms with E-state index < -0.39 is 0 Å². The average Bonchev–Trinajstić information content (AvgIpc) is 2.63. The molecule has 1 rings (SSSR count). The Morgan fingerprint density at radius 1 is 1.07 bits per heavy atom. The van der Waals surface area contributed by atoms with E-state index in [1.807, 2.05) is 0 Å². The van der Waals surface area contributed by atoms with Gasteiger partial charge in [-0.1, -0.05) is 62.8 Å². The number of rotatable bonds is 7. The van der Waals surface area contributed by atoms with Gasteiger partial charge in [0.15, 0.2) is 0 Å². The molecule has 14 heavy (non-hydrogen) atoms. The fourth-order valence-corrected chi connectivity index (χ4v) is 1.81. The van der Waals surface area contributed by atoms with Crippen LogP contribution in [0.25, 0.3) is 0 Å². The van der Waals surface area contributed by atoms with Gasteiger partial charge in [0, 0.05) is 0 Å². The van der Waals surface area contributed by atoms with Crippen LogP contribution in [-0.4, -0.2) is 18.9 Å². The molecule has 0 amide bonds. The maximum absolute atomic E-state index is 2.28. The third-order valence-electron chi connectivity index (χ3n) is 2.70. The van der Waals surface area contributed by atoms with Crippen molar-refractivity contribution in [3.63, 3.8) is 0 Å². The molecule has 1 aliphatic carbocycles. The molecule has 1 aliphatic rings. The van der Waals surface area contributed by atoms with Gasteiger partial charge in [-0.2, -0.15) is 0 Å². The maximum atomic E-state index is 2.28. The van der Waals surface area contributed by atoms with Gasteiger partial charge >= 0.3 is 18.9 Å². The zero-order valence-electron chi connectivity index (χ0n) is 8.89. The van der Waals surface area contributed by atoms with Gasteiger partial charge in [-0.25, -0.2) is 0 Å². The molecule has 0 spiro atoms. The molecule has 0 aliphatic heterocycles. The Labute approximate surface area is 101 Å². The van der Waals surface area contributed by atoms with Crippen LogP contribution in [0.1, 0.15) is 58.3 Å². The van der Waals surface area contributed by atoms with Crippen molar-refractivity contribution in [3.05, 3.63) is 23.8 Å². The first-order chi connectivity index (χ1) is 6.43. The van der Waals surface area contributed by atoms with Gasteiger partial charge in [0.1, 0.15) is 0 Å². The van der Waals surface area contributed by atoms with Crippen molar-refractivity contribution in [2.24, 2.45) is 0 Å². The van der Waals surface area contributed by atoms with E-state index in [0.29, 0.717) is 0 Å². The Kier molecular flexibility index (Phi) is 9.68. The van der Waals surface area contributed by atoms with Crippen LogP contribution < -0.4 is 0 Å². The first-order valence-corrected chi connectivity index (χ1v) is 5.78. The molecule has 1 heteroatoms. The van der Waals surface area contributed by atoms with Gasteiger partial charge in [-0.05, 0) is 19.3 Å². The summed E-state index contributed by atoms with van der Waals surface area (Å²) >= 11 is 0. The van der Waals surface area contributed by atoms with Crippen molar-refractivity contribution in [1.82, 2.24) is 0 Å². The van der Waals surface area contributed by atoms with Crippen molar-refractivity contribution in [2.75, 3.05) is 0 Å². The summed E-state index contributed by atoms with van der Waals surface area (Å²) in [4.78, 5) is 0. The van der Waals surface area contributed by atoms with Gasteiger partial charge in [-0.15, -0.1) is 0 Å². The molecule has 0 nitrogen and oxygen atoms in total. The Morgan fingerprint density at radius 3 is 2.43 bits per heavy atom. The Bertz CT molecular complexity index is 180. The van der Waals surface area contributed by atoms with Gasteiger partial charge in [0.25, 0.3) is 0 Å². The molecule has 76 valence electrons. The van der Waals surface area contributed by atoms with Gasteiger partial charge in [0.2, 0.25) is 0 Å². The van der Waals surface area contributed by atoms with Crippen LogP contribution in [-0.2, 0) is 0 Å². The predicted octanol–water partition coefficient (Wildman–Crippen LogP) is 3.97. The normalized spacial score (nSPS) is 13.9. The van der Waals surface area contributed by atoms with Crippen LogP contribution in [0.2, 0.25) is 0 Å². The van der Waals surface area contributed by atoms with E-state index in [0.717, 1.165) is 0 Å². The molecule has 0 bridgehead atoms. The van der Waals surface area contributed by atoms with Gasteiger partial charge in [-0.3, -0.25) is 0 Å². The Balaban J connectivity index is 0.00000169. The molecule has 0 aromatic carbocycles. The van der Waals surface area contributed by atoms with Crippen LogP contribution >= 0.6 is 0 Å². The van der Waals surface area contributed by atoms with Crippen LogP contribution in [0, 0.1) is 0 Å². The van der Waals surface area contributed by atoms with Crippen molar-refractivity contribution >= 4 is 18.9 Å². The van der Waals surface area contributed by atoms with Gasteiger partial charge in [0.05, 0.1) is 0 Å². The SMILES string of the molecule is CCCCCCCCC1=CC=CC1.[LiH]. The molecule has 0 heterocycles. The van der Waals surface area contributed by atoms with Crippen LogP contribution in [0.5, 0.6) is 0 Å². The fraction of sp³-hybridized carbons (Fsp3) is 0.692. The molecular formula is C13H23Li. The summed E-state index contributed by atoms with van der Waals surface area (Å²) in [7, 11) is 0. The van der Waals surface area contributed by atoms with E-state index in [4.69, 9.17) is 0 Å². The number of hydrogen-bond donors (Lipinski definition) is 0. The number of unbranched alkanes of at least 4 members (excludes halogenated alkanes) is 5. The van der Waals surface area contributed by atoms with E-state index in [9.17, 15) is 0 Å². The molecule has 0 atom stereocenters. The second-order valence-electron chi connectivity index (χ2n) is 3.97. The molecule has 0 aromatic heterocycles. The summed E-state index contributed by atoms with van der Waals surface area (Å²) in [5.74, 6) is 0. The Hall–Kier alpha value is 0.0774. The van der Waals surface area contributed by atoms with Crippen LogP contribution in [0.15, 0.2) is 23.8 Å². The van der Waals surface area contributed by atoms with E-state index >= 15 is 0 Å². The third kappa shape index (κ3) is 6.52. The van der Waals surface area contributed by atoms with Crippen molar-refractivity contribution in [3.8, 4) is 0 Å². The summed E-state index contributed by atoms with van der Waals surface area (Å²) in [5, 5.41) is 0. The molecule has 0 fully saturated rings. The second kappa shape index (κ2) is 9.63. The second-order valence-corrected chi connectivity index (χ2v) is 3.97. The molecule has 0 aromatic rings. The zero-order valence-corrected chi connectivity index (χ0v) is 8.89.